The maximum absolute atomic E-state index is 12.7. The molecule has 2 aliphatic rings. The number of thiocarbonyl (C=S) groups is 1. The number of benzene rings is 1. The fourth-order valence-corrected chi connectivity index (χ4v) is 3.65. The number of thioether (sulfide) groups is 1. The fourth-order valence-electron chi connectivity index (χ4n) is 2.40. The van der Waals surface area contributed by atoms with Crippen molar-refractivity contribution in [3.05, 3.63) is 47.4 Å². The third-order valence-corrected chi connectivity index (χ3v) is 4.98. The van der Waals surface area contributed by atoms with E-state index >= 15 is 0 Å². The van der Waals surface area contributed by atoms with Gasteiger partial charge in [0, 0.05) is 19.2 Å². The molecular weight excluding hydrogens is 304 g/mol. The van der Waals surface area contributed by atoms with Crippen molar-refractivity contribution in [2.75, 3.05) is 18.5 Å². The number of nitrogens with zero attached hydrogens (tertiary/aromatic N) is 2. The van der Waals surface area contributed by atoms with E-state index in [4.69, 9.17) is 12.2 Å². The van der Waals surface area contributed by atoms with E-state index in [0.29, 0.717) is 21.3 Å². The third kappa shape index (κ3) is 2.02. The molecule has 106 valence electrons. The number of hydrogen-bond acceptors (Lipinski definition) is 4. The summed E-state index contributed by atoms with van der Waals surface area (Å²) in [5.41, 5.74) is 2.02. The monoisotopic (exact) mass is 316 g/mol. The second-order valence-corrected chi connectivity index (χ2v) is 6.30. The maximum atomic E-state index is 12.7. The summed E-state index contributed by atoms with van der Waals surface area (Å²) in [6, 6.07) is 7.46. The van der Waals surface area contributed by atoms with Crippen LogP contribution in [0.2, 0.25) is 0 Å². The minimum atomic E-state index is -0.219. The summed E-state index contributed by atoms with van der Waals surface area (Å²) >= 11 is 6.32. The first-order chi connectivity index (χ1) is 10.1. The molecule has 21 heavy (non-hydrogen) atoms. The molecule has 0 saturated carbocycles. The van der Waals surface area contributed by atoms with Gasteiger partial charge in [0.15, 0.2) is 0 Å². The number of hydrogen-bond donors (Lipinski definition) is 0. The van der Waals surface area contributed by atoms with Crippen LogP contribution in [0.25, 0.3) is 5.57 Å². The molecule has 3 rings (SSSR count). The van der Waals surface area contributed by atoms with Crippen LogP contribution in [0, 0.1) is 0 Å². The molecular formula is C15H12N2O2S2. The number of carbonyl (C=O) groups excluding carboxylic acids is 2. The second-order valence-electron chi connectivity index (χ2n) is 4.66. The lowest BCUT2D eigenvalue weighted by Gasteiger charge is -2.14. The molecule has 0 aromatic heterocycles. The first kappa shape index (κ1) is 14.0. The van der Waals surface area contributed by atoms with Gasteiger partial charge >= 0.3 is 0 Å². The Morgan fingerprint density at radius 1 is 1.29 bits per heavy atom. The number of fused-ring (bicyclic) bond motifs is 1. The molecule has 0 unspecified atom stereocenters. The van der Waals surface area contributed by atoms with Gasteiger partial charge < -0.3 is 4.90 Å². The molecule has 0 bridgehead atoms. The van der Waals surface area contributed by atoms with Crippen LogP contribution in [0.15, 0.2) is 41.8 Å². The lowest BCUT2D eigenvalue weighted by Crippen LogP contribution is -2.27. The van der Waals surface area contributed by atoms with Gasteiger partial charge in [-0.15, -0.1) is 6.58 Å². The highest BCUT2D eigenvalue weighted by Gasteiger charge is 2.40. The number of likely N-dealkylation sites (N-methyl/N-ethyl adjacent to an activating group) is 1. The molecule has 0 N–H and O–H groups in total. The molecule has 0 atom stereocenters. The van der Waals surface area contributed by atoms with Crippen molar-refractivity contribution in [3.8, 4) is 0 Å². The highest BCUT2D eigenvalue weighted by atomic mass is 32.2. The van der Waals surface area contributed by atoms with E-state index in [1.807, 2.05) is 24.3 Å². The number of carbonyl (C=O) groups is 2. The second kappa shape index (κ2) is 5.13. The topological polar surface area (TPSA) is 40.6 Å². The van der Waals surface area contributed by atoms with Crippen LogP contribution < -0.4 is 4.90 Å². The predicted octanol–water partition coefficient (Wildman–Crippen LogP) is 2.42. The zero-order valence-corrected chi connectivity index (χ0v) is 13.0. The van der Waals surface area contributed by atoms with Gasteiger partial charge in [-0.2, -0.15) is 0 Å². The van der Waals surface area contributed by atoms with Gasteiger partial charge in [0.2, 0.25) is 0 Å². The largest absolute Gasteiger partial charge is 0.304 e. The molecule has 0 radical (unpaired) electrons. The van der Waals surface area contributed by atoms with E-state index < -0.39 is 0 Å². The summed E-state index contributed by atoms with van der Waals surface area (Å²) in [7, 11) is 1.62. The zero-order chi connectivity index (χ0) is 15.1. The molecule has 2 amide bonds. The first-order valence-corrected chi connectivity index (χ1v) is 7.55. The van der Waals surface area contributed by atoms with Crippen LogP contribution in [0.1, 0.15) is 5.56 Å². The van der Waals surface area contributed by atoms with Crippen molar-refractivity contribution in [1.82, 2.24) is 4.90 Å². The van der Waals surface area contributed by atoms with Gasteiger partial charge in [-0.05, 0) is 6.07 Å². The van der Waals surface area contributed by atoms with Crippen LogP contribution in [-0.2, 0) is 9.59 Å². The summed E-state index contributed by atoms with van der Waals surface area (Å²) in [6.45, 7) is 4.09. The number of rotatable bonds is 2. The molecule has 1 fully saturated rings. The highest BCUT2D eigenvalue weighted by Crippen LogP contribution is 2.43. The van der Waals surface area contributed by atoms with E-state index in [2.05, 4.69) is 6.58 Å². The Labute approximate surface area is 132 Å². The number of para-hydroxylation sites is 1. The SMILES string of the molecule is C=CCN1C(=O)/C(=C2/SC(=S)N(C)C2=O)c2ccccc21. The Bertz CT molecular complexity index is 724. The van der Waals surface area contributed by atoms with Crippen molar-refractivity contribution in [2.45, 2.75) is 0 Å². The van der Waals surface area contributed by atoms with Crippen LogP contribution in [0.3, 0.4) is 0 Å². The molecule has 6 heteroatoms. The summed E-state index contributed by atoms with van der Waals surface area (Å²) in [5, 5.41) is 0. The van der Waals surface area contributed by atoms with E-state index in [1.54, 1.807) is 18.0 Å². The summed E-state index contributed by atoms with van der Waals surface area (Å²) in [4.78, 5) is 28.4. The van der Waals surface area contributed by atoms with Crippen molar-refractivity contribution >= 4 is 51.4 Å². The predicted molar refractivity (Wildman–Crippen MR) is 88.9 cm³/mol. The van der Waals surface area contributed by atoms with E-state index in [9.17, 15) is 9.59 Å². The molecule has 1 saturated heterocycles. The number of anilines is 1. The average Bonchev–Trinajstić information content (AvgIpc) is 2.89. The van der Waals surface area contributed by atoms with Gasteiger partial charge in [0.25, 0.3) is 11.8 Å². The maximum Gasteiger partial charge on any atom is 0.266 e. The standard InChI is InChI=1S/C15H12N2O2S2/c1-3-8-17-10-7-5-4-6-9(10)11(13(17)18)12-14(19)16(2)15(20)21-12/h3-7H,1,8H2,2H3/b12-11+. The third-order valence-electron chi connectivity index (χ3n) is 3.42. The Balaban J connectivity index is 2.21. The van der Waals surface area contributed by atoms with Crippen molar-refractivity contribution < 1.29 is 9.59 Å². The molecule has 1 aromatic carbocycles. The number of amides is 2. The Morgan fingerprint density at radius 2 is 2.00 bits per heavy atom. The molecule has 0 aliphatic carbocycles. The normalized spacial score (nSPS) is 21.3. The smallest absolute Gasteiger partial charge is 0.266 e. The molecule has 1 aromatic rings. The molecule has 2 aliphatic heterocycles. The lowest BCUT2D eigenvalue weighted by atomic mass is 10.1. The van der Waals surface area contributed by atoms with Crippen LogP contribution in [0.4, 0.5) is 5.69 Å². The van der Waals surface area contributed by atoms with Crippen LogP contribution in [0.5, 0.6) is 0 Å². The van der Waals surface area contributed by atoms with Gasteiger partial charge in [0.1, 0.15) is 4.32 Å². The van der Waals surface area contributed by atoms with E-state index in [0.717, 1.165) is 11.3 Å². The minimum absolute atomic E-state index is 0.176. The Hall–Kier alpha value is -1.92. The van der Waals surface area contributed by atoms with Gasteiger partial charge in [0.05, 0.1) is 16.2 Å². The van der Waals surface area contributed by atoms with Gasteiger partial charge in [-0.1, -0.05) is 48.3 Å². The summed E-state index contributed by atoms with van der Waals surface area (Å²) in [6.07, 6.45) is 1.67. The zero-order valence-electron chi connectivity index (χ0n) is 11.3. The minimum Gasteiger partial charge on any atom is -0.304 e. The first-order valence-electron chi connectivity index (χ1n) is 6.32. The van der Waals surface area contributed by atoms with E-state index in [-0.39, 0.29) is 11.8 Å². The van der Waals surface area contributed by atoms with Gasteiger partial charge in [-0.3, -0.25) is 14.5 Å². The van der Waals surface area contributed by atoms with Crippen LogP contribution in [-0.4, -0.2) is 34.6 Å². The average molecular weight is 316 g/mol. The van der Waals surface area contributed by atoms with Crippen molar-refractivity contribution in [2.24, 2.45) is 0 Å². The Kier molecular flexibility index (Phi) is 3.43. The Morgan fingerprint density at radius 3 is 2.62 bits per heavy atom. The lowest BCUT2D eigenvalue weighted by molar-refractivity contribution is -0.121. The fraction of sp³-hybridized carbons (Fsp3) is 0.133. The quantitative estimate of drug-likeness (QED) is 0.477. The van der Waals surface area contributed by atoms with Gasteiger partial charge in [-0.25, -0.2) is 0 Å². The summed E-state index contributed by atoms with van der Waals surface area (Å²) < 4.78 is 0.468. The van der Waals surface area contributed by atoms with Crippen molar-refractivity contribution in [3.63, 3.8) is 0 Å². The molecule has 4 nitrogen and oxygen atoms in total. The highest BCUT2D eigenvalue weighted by molar-refractivity contribution is 8.26. The van der Waals surface area contributed by atoms with Crippen molar-refractivity contribution in [1.29, 1.82) is 0 Å². The summed E-state index contributed by atoms with van der Waals surface area (Å²) in [5.74, 6) is -0.395. The van der Waals surface area contributed by atoms with E-state index in [1.165, 1.54) is 16.7 Å². The molecule has 0 spiro atoms. The molecule has 2 heterocycles. The van der Waals surface area contributed by atoms with Crippen LogP contribution >= 0.6 is 24.0 Å².